The Morgan fingerprint density at radius 3 is 2.33 bits per heavy atom. The Hall–Kier alpha value is -2.10. The Morgan fingerprint density at radius 1 is 1.22 bits per heavy atom. The summed E-state index contributed by atoms with van der Waals surface area (Å²) < 4.78 is 4.89. The minimum atomic E-state index is -1.05. The molecule has 1 aromatic rings. The number of aliphatic carboxylic acids is 1. The number of allylic oxidation sites excluding steroid dienone is 1. The highest BCUT2D eigenvalue weighted by Crippen LogP contribution is 2.21. The summed E-state index contributed by atoms with van der Waals surface area (Å²) in [6.07, 6.45) is -0.334. The van der Waals surface area contributed by atoms with Gasteiger partial charge < -0.3 is 9.84 Å². The van der Waals surface area contributed by atoms with Gasteiger partial charge in [-0.05, 0) is 25.0 Å². The molecular formula is C14H16O4. The van der Waals surface area contributed by atoms with Crippen LogP contribution in [0.25, 0.3) is 5.57 Å². The summed E-state index contributed by atoms with van der Waals surface area (Å²) in [4.78, 5) is 22.6. The van der Waals surface area contributed by atoms with Gasteiger partial charge in [-0.2, -0.15) is 0 Å². The third kappa shape index (κ3) is 3.73. The molecule has 0 fully saturated rings. The van der Waals surface area contributed by atoms with Crippen molar-refractivity contribution in [2.24, 2.45) is 0 Å². The molecule has 18 heavy (non-hydrogen) atoms. The fourth-order valence-electron chi connectivity index (χ4n) is 1.59. The maximum Gasteiger partial charge on any atom is 0.334 e. The van der Waals surface area contributed by atoms with Crippen LogP contribution in [0.4, 0.5) is 0 Å². The Kier molecular flexibility index (Phi) is 5.11. The largest absolute Gasteiger partial charge is 0.481 e. The highest BCUT2D eigenvalue weighted by Gasteiger charge is 2.18. The van der Waals surface area contributed by atoms with Gasteiger partial charge in [-0.15, -0.1) is 0 Å². The van der Waals surface area contributed by atoms with Crippen LogP contribution in [-0.2, 0) is 14.3 Å². The third-order valence-electron chi connectivity index (χ3n) is 2.51. The molecule has 1 N–H and O–H groups in total. The fraction of sp³-hybridized carbons (Fsp3) is 0.286. The van der Waals surface area contributed by atoms with Crippen LogP contribution in [0, 0.1) is 0 Å². The molecule has 4 nitrogen and oxygen atoms in total. The number of esters is 1. The molecule has 0 atom stereocenters. The van der Waals surface area contributed by atoms with Crippen LogP contribution in [0.3, 0.4) is 0 Å². The van der Waals surface area contributed by atoms with E-state index in [-0.39, 0.29) is 18.6 Å². The van der Waals surface area contributed by atoms with Gasteiger partial charge in [0.1, 0.15) is 0 Å². The average Bonchev–Trinajstić information content (AvgIpc) is 2.36. The SMILES string of the molecule is CCOC(=O)C(CC(=O)O)=C(C)c1ccccc1. The zero-order chi connectivity index (χ0) is 13.5. The summed E-state index contributed by atoms with van der Waals surface area (Å²) >= 11 is 0. The van der Waals surface area contributed by atoms with E-state index >= 15 is 0 Å². The first kappa shape index (κ1) is 14.0. The predicted octanol–water partition coefficient (Wildman–Crippen LogP) is 2.50. The number of carboxylic acid groups (broad SMARTS) is 1. The molecule has 0 spiro atoms. The summed E-state index contributed by atoms with van der Waals surface area (Å²) in [6, 6.07) is 9.19. The van der Waals surface area contributed by atoms with Crippen LogP contribution < -0.4 is 0 Å². The fourth-order valence-corrected chi connectivity index (χ4v) is 1.59. The summed E-state index contributed by atoms with van der Waals surface area (Å²) in [6.45, 7) is 3.64. The molecule has 4 heteroatoms. The van der Waals surface area contributed by atoms with Crippen molar-refractivity contribution in [3.63, 3.8) is 0 Å². The van der Waals surface area contributed by atoms with Gasteiger partial charge in [-0.1, -0.05) is 30.3 Å². The molecule has 96 valence electrons. The van der Waals surface area contributed by atoms with Gasteiger partial charge in [0.2, 0.25) is 0 Å². The molecule has 0 radical (unpaired) electrons. The van der Waals surface area contributed by atoms with Gasteiger partial charge in [0.15, 0.2) is 0 Å². The van der Waals surface area contributed by atoms with Crippen molar-refractivity contribution in [3.8, 4) is 0 Å². The highest BCUT2D eigenvalue weighted by atomic mass is 16.5. The van der Waals surface area contributed by atoms with Crippen molar-refractivity contribution in [2.75, 3.05) is 6.61 Å². The second-order valence-electron chi connectivity index (χ2n) is 3.76. The number of ether oxygens (including phenoxy) is 1. The second-order valence-corrected chi connectivity index (χ2v) is 3.76. The first-order valence-electron chi connectivity index (χ1n) is 5.70. The molecule has 0 saturated carbocycles. The molecule has 1 rings (SSSR count). The van der Waals surface area contributed by atoms with Crippen LogP contribution in [0.5, 0.6) is 0 Å². The molecule has 0 aliphatic rings. The first-order chi connectivity index (χ1) is 8.56. The minimum absolute atomic E-state index is 0.190. The van der Waals surface area contributed by atoms with Gasteiger partial charge in [0, 0.05) is 0 Å². The first-order valence-corrected chi connectivity index (χ1v) is 5.70. The van der Waals surface area contributed by atoms with Crippen LogP contribution in [0.15, 0.2) is 35.9 Å². The van der Waals surface area contributed by atoms with E-state index in [0.29, 0.717) is 5.57 Å². The minimum Gasteiger partial charge on any atom is -0.481 e. The monoisotopic (exact) mass is 248 g/mol. The lowest BCUT2D eigenvalue weighted by Gasteiger charge is -2.10. The number of carboxylic acids is 1. The Balaban J connectivity index is 3.14. The van der Waals surface area contributed by atoms with Crippen molar-refractivity contribution >= 4 is 17.5 Å². The van der Waals surface area contributed by atoms with Crippen LogP contribution in [0.2, 0.25) is 0 Å². The third-order valence-corrected chi connectivity index (χ3v) is 2.51. The van der Waals surface area contributed by atoms with E-state index in [1.807, 2.05) is 30.3 Å². The van der Waals surface area contributed by atoms with Gasteiger partial charge in [0.25, 0.3) is 0 Å². The number of carbonyl (C=O) groups is 2. The zero-order valence-electron chi connectivity index (χ0n) is 10.5. The van der Waals surface area contributed by atoms with E-state index < -0.39 is 11.9 Å². The van der Waals surface area contributed by atoms with Gasteiger partial charge in [-0.25, -0.2) is 4.79 Å². The Morgan fingerprint density at radius 2 is 1.83 bits per heavy atom. The maximum atomic E-state index is 11.8. The highest BCUT2D eigenvalue weighted by molar-refractivity contribution is 6.01. The van der Waals surface area contributed by atoms with E-state index in [4.69, 9.17) is 9.84 Å². The Bertz CT molecular complexity index is 460. The van der Waals surface area contributed by atoms with Crippen molar-refractivity contribution in [2.45, 2.75) is 20.3 Å². The second kappa shape index (κ2) is 6.59. The van der Waals surface area contributed by atoms with Crippen LogP contribution in [0.1, 0.15) is 25.8 Å². The van der Waals surface area contributed by atoms with Gasteiger partial charge >= 0.3 is 11.9 Å². The van der Waals surface area contributed by atoms with Gasteiger partial charge in [-0.3, -0.25) is 4.79 Å². The van der Waals surface area contributed by atoms with E-state index in [1.54, 1.807) is 13.8 Å². The zero-order valence-corrected chi connectivity index (χ0v) is 10.5. The maximum absolute atomic E-state index is 11.8. The van der Waals surface area contributed by atoms with Crippen LogP contribution in [-0.4, -0.2) is 23.7 Å². The summed E-state index contributed by atoms with van der Waals surface area (Å²) in [5.41, 5.74) is 1.65. The molecule has 1 aromatic carbocycles. The molecule has 0 amide bonds. The predicted molar refractivity (Wildman–Crippen MR) is 67.9 cm³/mol. The van der Waals surface area contributed by atoms with E-state index in [1.165, 1.54) is 0 Å². The van der Waals surface area contributed by atoms with Crippen LogP contribution >= 0.6 is 0 Å². The quantitative estimate of drug-likeness (QED) is 0.642. The van der Waals surface area contributed by atoms with Crippen molar-refractivity contribution in [1.29, 1.82) is 0 Å². The van der Waals surface area contributed by atoms with E-state index in [2.05, 4.69) is 0 Å². The van der Waals surface area contributed by atoms with E-state index in [0.717, 1.165) is 5.56 Å². The molecular weight excluding hydrogens is 232 g/mol. The van der Waals surface area contributed by atoms with Gasteiger partial charge in [0.05, 0.1) is 18.6 Å². The molecule has 0 aromatic heterocycles. The Labute approximate surface area is 106 Å². The molecule has 0 unspecified atom stereocenters. The molecule has 0 aliphatic heterocycles. The lowest BCUT2D eigenvalue weighted by molar-refractivity contribution is -0.142. The number of carbonyl (C=O) groups excluding carboxylic acids is 1. The summed E-state index contributed by atoms with van der Waals surface area (Å²) in [5.74, 6) is -1.62. The topological polar surface area (TPSA) is 63.6 Å². The smallest absolute Gasteiger partial charge is 0.334 e. The van der Waals surface area contributed by atoms with Crippen molar-refractivity contribution < 1.29 is 19.4 Å². The molecule has 0 saturated heterocycles. The average molecular weight is 248 g/mol. The summed E-state index contributed by atoms with van der Waals surface area (Å²) in [5, 5.41) is 8.85. The number of rotatable bonds is 5. The van der Waals surface area contributed by atoms with Crippen molar-refractivity contribution in [1.82, 2.24) is 0 Å². The number of benzene rings is 1. The summed E-state index contributed by atoms with van der Waals surface area (Å²) in [7, 11) is 0. The molecule has 0 bridgehead atoms. The number of hydrogen-bond acceptors (Lipinski definition) is 3. The normalized spacial score (nSPS) is 11.7. The van der Waals surface area contributed by atoms with Crippen molar-refractivity contribution in [3.05, 3.63) is 41.5 Å². The lowest BCUT2D eigenvalue weighted by atomic mass is 9.99. The molecule has 0 heterocycles. The standard InChI is InChI=1S/C14H16O4/c1-3-18-14(17)12(9-13(15)16)10(2)11-7-5-4-6-8-11/h4-8H,3,9H2,1-2H3,(H,15,16). The molecule has 0 aliphatic carbocycles. The lowest BCUT2D eigenvalue weighted by Crippen LogP contribution is -2.13. The number of hydrogen-bond donors (Lipinski definition) is 1. The van der Waals surface area contributed by atoms with E-state index in [9.17, 15) is 9.59 Å².